The van der Waals surface area contributed by atoms with Gasteiger partial charge in [0, 0.05) is 5.69 Å². The summed E-state index contributed by atoms with van der Waals surface area (Å²) in [6, 6.07) is 8.33. The first kappa shape index (κ1) is 10.5. The molecule has 1 fully saturated rings. The number of benzene rings is 1. The minimum absolute atomic E-state index is 0.635. The fourth-order valence-electron chi connectivity index (χ4n) is 2.46. The maximum atomic E-state index is 5.81. The van der Waals surface area contributed by atoms with E-state index < -0.39 is 0 Å². The SMILES string of the molecule is CC(c1cccc(N)c1)C1CCNCC1. The molecule has 1 aromatic carbocycles. The Morgan fingerprint density at radius 3 is 2.73 bits per heavy atom. The third-order valence-corrected chi connectivity index (χ3v) is 3.53. The number of hydrogen-bond donors (Lipinski definition) is 2. The van der Waals surface area contributed by atoms with Gasteiger partial charge >= 0.3 is 0 Å². The van der Waals surface area contributed by atoms with E-state index in [9.17, 15) is 0 Å². The van der Waals surface area contributed by atoms with Crippen molar-refractivity contribution in [2.45, 2.75) is 25.7 Å². The highest BCUT2D eigenvalue weighted by Crippen LogP contribution is 2.31. The average Bonchev–Trinajstić information content (AvgIpc) is 2.29. The topological polar surface area (TPSA) is 38.0 Å². The normalized spacial score (nSPS) is 20.1. The number of hydrogen-bond acceptors (Lipinski definition) is 2. The minimum Gasteiger partial charge on any atom is -0.399 e. The Kier molecular flexibility index (Phi) is 3.27. The fraction of sp³-hybridized carbons (Fsp3) is 0.538. The zero-order chi connectivity index (χ0) is 10.7. The van der Waals surface area contributed by atoms with Crippen molar-refractivity contribution in [2.24, 2.45) is 5.92 Å². The van der Waals surface area contributed by atoms with Gasteiger partial charge in [0.15, 0.2) is 0 Å². The van der Waals surface area contributed by atoms with E-state index in [1.54, 1.807) is 0 Å². The van der Waals surface area contributed by atoms with Crippen LogP contribution in [0.4, 0.5) is 5.69 Å². The largest absolute Gasteiger partial charge is 0.399 e. The summed E-state index contributed by atoms with van der Waals surface area (Å²) in [5, 5.41) is 3.41. The second-order valence-electron chi connectivity index (χ2n) is 4.55. The van der Waals surface area contributed by atoms with Gasteiger partial charge in [-0.25, -0.2) is 0 Å². The van der Waals surface area contributed by atoms with Crippen LogP contribution < -0.4 is 11.1 Å². The van der Waals surface area contributed by atoms with Crippen LogP contribution in [0.25, 0.3) is 0 Å². The molecule has 0 aliphatic carbocycles. The van der Waals surface area contributed by atoms with Crippen molar-refractivity contribution in [3.05, 3.63) is 29.8 Å². The second kappa shape index (κ2) is 4.67. The number of anilines is 1. The van der Waals surface area contributed by atoms with Crippen molar-refractivity contribution in [2.75, 3.05) is 18.8 Å². The lowest BCUT2D eigenvalue weighted by Crippen LogP contribution is -2.30. The summed E-state index contributed by atoms with van der Waals surface area (Å²) in [5.41, 5.74) is 8.09. The molecule has 0 saturated carbocycles. The number of piperidine rings is 1. The Morgan fingerprint density at radius 1 is 1.33 bits per heavy atom. The molecule has 1 aliphatic heterocycles. The van der Waals surface area contributed by atoms with Gasteiger partial charge in [-0.2, -0.15) is 0 Å². The lowest BCUT2D eigenvalue weighted by Gasteiger charge is -2.28. The summed E-state index contributed by atoms with van der Waals surface area (Å²) in [7, 11) is 0. The molecule has 82 valence electrons. The molecule has 1 aliphatic rings. The predicted octanol–water partition coefficient (Wildman–Crippen LogP) is 2.37. The molecule has 1 saturated heterocycles. The predicted molar refractivity (Wildman–Crippen MR) is 64.9 cm³/mol. The molecule has 1 heterocycles. The molecule has 1 atom stereocenters. The van der Waals surface area contributed by atoms with Crippen molar-refractivity contribution in [3.63, 3.8) is 0 Å². The van der Waals surface area contributed by atoms with Gasteiger partial charge in [0.2, 0.25) is 0 Å². The third-order valence-electron chi connectivity index (χ3n) is 3.53. The zero-order valence-corrected chi connectivity index (χ0v) is 9.37. The number of nitrogen functional groups attached to an aromatic ring is 1. The van der Waals surface area contributed by atoms with Crippen molar-refractivity contribution in [1.29, 1.82) is 0 Å². The highest BCUT2D eigenvalue weighted by atomic mass is 14.9. The number of nitrogens with two attached hydrogens (primary N) is 1. The summed E-state index contributed by atoms with van der Waals surface area (Å²) in [5.74, 6) is 1.45. The summed E-state index contributed by atoms with van der Waals surface area (Å²) in [6.07, 6.45) is 2.58. The van der Waals surface area contributed by atoms with Crippen LogP contribution in [0.15, 0.2) is 24.3 Å². The zero-order valence-electron chi connectivity index (χ0n) is 9.37. The molecule has 0 bridgehead atoms. The molecule has 1 unspecified atom stereocenters. The van der Waals surface area contributed by atoms with Crippen LogP contribution in [0.5, 0.6) is 0 Å². The third kappa shape index (κ3) is 2.51. The standard InChI is InChI=1S/C13H20N2/c1-10(11-5-7-15-8-6-11)12-3-2-4-13(14)9-12/h2-4,9-11,15H,5-8,14H2,1H3. The van der Waals surface area contributed by atoms with Gasteiger partial charge in [-0.3, -0.25) is 0 Å². The molecule has 2 rings (SSSR count). The Morgan fingerprint density at radius 2 is 2.07 bits per heavy atom. The monoisotopic (exact) mass is 204 g/mol. The highest BCUT2D eigenvalue weighted by molar-refractivity contribution is 5.41. The molecular weight excluding hydrogens is 184 g/mol. The summed E-state index contributed by atoms with van der Waals surface area (Å²) in [6.45, 7) is 4.65. The molecule has 0 amide bonds. The Bertz CT molecular complexity index is 316. The second-order valence-corrected chi connectivity index (χ2v) is 4.55. The van der Waals surface area contributed by atoms with E-state index in [4.69, 9.17) is 5.73 Å². The van der Waals surface area contributed by atoms with Crippen LogP contribution in [0.3, 0.4) is 0 Å². The van der Waals surface area contributed by atoms with Crippen LogP contribution in [0.1, 0.15) is 31.2 Å². The molecule has 1 aromatic rings. The van der Waals surface area contributed by atoms with Gasteiger partial charge in [-0.1, -0.05) is 19.1 Å². The van der Waals surface area contributed by atoms with E-state index in [1.165, 1.54) is 18.4 Å². The van der Waals surface area contributed by atoms with Crippen LogP contribution in [-0.4, -0.2) is 13.1 Å². The van der Waals surface area contributed by atoms with Gasteiger partial charge in [-0.05, 0) is 55.5 Å². The summed E-state index contributed by atoms with van der Waals surface area (Å²) in [4.78, 5) is 0. The van der Waals surface area contributed by atoms with Gasteiger partial charge in [0.05, 0.1) is 0 Å². The summed E-state index contributed by atoms with van der Waals surface area (Å²) < 4.78 is 0. The van der Waals surface area contributed by atoms with E-state index in [-0.39, 0.29) is 0 Å². The lowest BCUT2D eigenvalue weighted by atomic mass is 9.82. The van der Waals surface area contributed by atoms with E-state index >= 15 is 0 Å². The number of nitrogens with one attached hydrogen (secondary N) is 1. The quantitative estimate of drug-likeness (QED) is 0.726. The van der Waals surface area contributed by atoms with Crippen molar-refractivity contribution < 1.29 is 0 Å². The van der Waals surface area contributed by atoms with Crippen LogP contribution in [0.2, 0.25) is 0 Å². The van der Waals surface area contributed by atoms with Crippen molar-refractivity contribution >= 4 is 5.69 Å². The average molecular weight is 204 g/mol. The molecule has 0 radical (unpaired) electrons. The Hall–Kier alpha value is -1.02. The maximum absolute atomic E-state index is 5.81. The summed E-state index contributed by atoms with van der Waals surface area (Å²) >= 11 is 0. The van der Waals surface area contributed by atoms with Crippen LogP contribution in [-0.2, 0) is 0 Å². The van der Waals surface area contributed by atoms with E-state index in [1.807, 2.05) is 6.07 Å². The van der Waals surface area contributed by atoms with Crippen LogP contribution in [0, 0.1) is 5.92 Å². The Labute approximate surface area is 91.9 Å². The fourth-order valence-corrected chi connectivity index (χ4v) is 2.46. The van der Waals surface area contributed by atoms with Crippen molar-refractivity contribution in [1.82, 2.24) is 5.32 Å². The first-order chi connectivity index (χ1) is 7.27. The van der Waals surface area contributed by atoms with E-state index in [0.29, 0.717) is 5.92 Å². The first-order valence-corrected chi connectivity index (χ1v) is 5.83. The molecule has 3 N–H and O–H groups in total. The van der Waals surface area contributed by atoms with Gasteiger partial charge in [0.25, 0.3) is 0 Å². The van der Waals surface area contributed by atoms with Gasteiger partial charge in [-0.15, -0.1) is 0 Å². The maximum Gasteiger partial charge on any atom is 0.0316 e. The van der Waals surface area contributed by atoms with Gasteiger partial charge < -0.3 is 11.1 Å². The van der Waals surface area contributed by atoms with E-state index in [0.717, 1.165) is 24.7 Å². The molecular formula is C13H20N2. The molecule has 0 aromatic heterocycles. The number of rotatable bonds is 2. The van der Waals surface area contributed by atoms with E-state index in [2.05, 4.69) is 30.4 Å². The smallest absolute Gasteiger partial charge is 0.0316 e. The molecule has 2 heteroatoms. The minimum atomic E-state index is 0.635. The molecule has 2 nitrogen and oxygen atoms in total. The highest BCUT2D eigenvalue weighted by Gasteiger charge is 2.20. The first-order valence-electron chi connectivity index (χ1n) is 5.83. The molecule has 0 spiro atoms. The molecule has 15 heavy (non-hydrogen) atoms. The van der Waals surface area contributed by atoms with Crippen LogP contribution >= 0.6 is 0 Å². The van der Waals surface area contributed by atoms with Crippen molar-refractivity contribution in [3.8, 4) is 0 Å². The van der Waals surface area contributed by atoms with Gasteiger partial charge in [0.1, 0.15) is 0 Å². The lowest BCUT2D eigenvalue weighted by molar-refractivity contribution is 0.330. The Balaban J connectivity index is 2.08.